The first kappa shape index (κ1) is 24.7. The number of rotatable bonds is 6. The van der Waals surface area contributed by atoms with E-state index < -0.39 is 49.1 Å². The molecule has 1 unspecified atom stereocenters. The van der Waals surface area contributed by atoms with Gasteiger partial charge in [0.1, 0.15) is 6.10 Å². The van der Waals surface area contributed by atoms with Crippen LogP contribution in [-0.4, -0.2) is 83.8 Å². The van der Waals surface area contributed by atoms with Crippen LogP contribution in [0.2, 0.25) is 0 Å². The molecule has 0 saturated heterocycles. The van der Waals surface area contributed by atoms with Crippen LogP contribution >= 0.6 is 0 Å². The maximum absolute atomic E-state index is 10.1. The van der Waals surface area contributed by atoms with Crippen LogP contribution in [0.3, 0.4) is 0 Å². The minimum absolute atomic E-state index is 0. The monoisotopic (exact) mass is 308 g/mol. The van der Waals surface area contributed by atoms with Crippen LogP contribution in [0.15, 0.2) is 0 Å². The van der Waals surface area contributed by atoms with Crippen molar-refractivity contribution >= 4 is 11.9 Å². The third-order valence-electron chi connectivity index (χ3n) is 1.73. The average Bonchev–Trinajstić information content (AvgIpc) is 2.35. The quantitative estimate of drug-likeness (QED) is 0.172. The molecule has 0 saturated carbocycles. The minimum atomic E-state index is -2.24. The molecule has 0 fully saturated rings. The van der Waals surface area contributed by atoms with Crippen molar-refractivity contribution in [3.05, 3.63) is 6.10 Å². The topological polar surface area (TPSA) is 196 Å². The third kappa shape index (κ3) is 10.5. The number of carboxylic acids is 2. The van der Waals surface area contributed by atoms with Crippen LogP contribution in [-0.2, 0) is 9.59 Å². The predicted octanol–water partition coefficient (Wildman–Crippen LogP) is -6.49. The first-order valence-corrected chi connectivity index (χ1v) is 4.90. The van der Waals surface area contributed by atoms with Crippen molar-refractivity contribution in [1.82, 2.24) is 0 Å². The molecule has 0 aromatic rings. The summed E-state index contributed by atoms with van der Waals surface area (Å²) in [6.07, 6.45) is -8.45. The maximum atomic E-state index is 10.1. The van der Waals surface area contributed by atoms with E-state index in [1.807, 2.05) is 0 Å². The summed E-state index contributed by atoms with van der Waals surface area (Å²) in [5.74, 6) is -2.93. The largest absolute Gasteiger partial charge is 1.00 e. The van der Waals surface area contributed by atoms with Gasteiger partial charge >= 0.3 is 41.5 Å². The van der Waals surface area contributed by atoms with Gasteiger partial charge in [0.2, 0.25) is 0 Å². The van der Waals surface area contributed by atoms with E-state index in [-0.39, 0.29) is 29.6 Å². The van der Waals surface area contributed by atoms with Gasteiger partial charge in [0.05, 0.1) is 0 Å². The van der Waals surface area contributed by atoms with Crippen molar-refractivity contribution in [2.75, 3.05) is 6.61 Å². The number of carbonyl (C=O) groups is 2. The van der Waals surface area contributed by atoms with Gasteiger partial charge in [-0.25, -0.2) is 9.59 Å². The number of aliphatic hydroxyl groups is 6. The van der Waals surface area contributed by atoms with Gasteiger partial charge in [0.25, 0.3) is 0 Å². The Labute approximate surface area is 136 Å². The smallest absolute Gasteiger partial charge is 0.558 e. The van der Waals surface area contributed by atoms with Crippen molar-refractivity contribution in [3.63, 3.8) is 0 Å². The van der Waals surface area contributed by atoms with Crippen molar-refractivity contribution in [1.29, 1.82) is 0 Å². The van der Waals surface area contributed by atoms with Crippen LogP contribution in [0.1, 0.15) is 6.92 Å². The van der Waals surface area contributed by atoms with E-state index in [2.05, 4.69) is 0 Å². The van der Waals surface area contributed by atoms with Crippen LogP contribution in [0.5, 0.6) is 0 Å². The molecule has 0 radical (unpaired) electrons. The Kier molecular flexibility index (Phi) is 15.4. The fourth-order valence-corrected chi connectivity index (χ4v) is 0.587. The fourth-order valence-electron chi connectivity index (χ4n) is 0.587. The van der Waals surface area contributed by atoms with Gasteiger partial charge in [-0.05, 0) is 19.1 Å². The molecular formula is C9H17NaO10. The molecule has 0 rings (SSSR count). The van der Waals surface area contributed by atoms with E-state index >= 15 is 0 Å². The van der Waals surface area contributed by atoms with Crippen molar-refractivity contribution in [2.24, 2.45) is 0 Å². The van der Waals surface area contributed by atoms with Crippen LogP contribution < -0.4 is 29.6 Å². The van der Waals surface area contributed by atoms with E-state index in [4.69, 9.17) is 40.9 Å². The van der Waals surface area contributed by atoms with E-state index in [1.165, 1.54) is 6.92 Å². The number of aliphatic carboxylic acids is 2. The van der Waals surface area contributed by atoms with Crippen LogP contribution in [0.4, 0.5) is 0 Å². The second-order valence-electron chi connectivity index (χ2n) is 3.37. The summed E-state index contributed by atoms with van der Waals surface area (Å²) < 4.78 is 0. The zero-order chi connectivity index (χ0) is 15.7. The zero-order valence-electron chi connectivity index (χ0n) is 10.9. The van der Waals surface area contributed by atoms with E-state index in [0.717, 1.165) is 0 Å². The van der Waals surface area contributed by atoms with Gasteiger partial charge in [0, 0.05) is 6.61 Å². The summed E-state index contributed by atoms with van der Waals surface area (Å²) in [6, 6.07) is 0. The number of aliphatic hydroxyl groups excluding tert-OH is 6. The zero-order valence-corrected chi connectivity index (χ0v) is 12.9. The van der Waals surface area contributed by atoms with Gasteiger partial charge in [-0.1, -0.05) is 0 Å². The minimum Gasteiger partial charge on any atom is -0.558 e. The fraction of sp³-hybridized carbons (Fsp3) is 0.667. The van der Waals surface area contributed by atoms with Crippen LogP contribution in [0.25, 0.3) is 0 Å². The van der Waals surface area contributed by atoms with Gasteiger partial charge in [-0.2, -0.15) is 0 Å². The predicted molar refractivity (Wildman–Crippen MR) is 57.2 cm³/mol. The molecule has 0 aliphatic rings. The molecule has 8 N–H and O–H groups in total. The number of hydrogen-bond donors (Lipinski definition) is 8. The average molecular weight is 308 g/mol. The first-order valence-electron chi connectivity index (χ1n) is 4.90. The summed E-state index contributed by atoms with van der Waals surface area (Å²) in [4.78, 5) is 19.5. The molecule has 0 bridgehead atoms. The first-order chi connectivity index (χ1) is 8.56. The Morgan fingerprint density at radius 1 is 1.05 bits per heavy atom. The van der Waals surface area contributed by atoms with Crippen molar-refractivity contribution < 1.29 is 80.0 Å². The maximum Gasteiger partial charge on any atom is 1.00 e. The second-order valence-corrected chi connectivity index (χ2v) is 3.37. The second kappa shape index (κ2) is 12.4. The number of carboxylic acid groups (broad SMARTS) is 2. The molecule has 4 atom stereocenters. The molecule has 0 heterocycles. The molecular weight excluding hydrogens is 291 g/mol. The van der Waals surface area contributed by atoms with Gasteiger partial charge in [-0.3, -0.25) is 0 Å². The summed E-state index contributed by atoms with van der Waals surface area (Å²) in [7, 11) is 0. The van der Waals surface area contributed by atoms with Gasteiger partial charge in [-0.15, -0.1) is 6.10 Å². The van der Waals surface area contributed by atoms with E-state index in [9.17, 15) is 9.59 Å². The van der Waals surface area contributed by atoms with E-state index in [0.29, 0.717) is 0 Å². The third-order valence-corrected chi connectivity index (χ3v) is 1.73. The van der Waals surface area contributed by atoms with Crippen molar-refractivity contribution in [3.8, 4) is 0 Å². The molecule has 0 spiro atoms. The molecule has 11 heteroatoms. The summed E-state index contributed by atoms with van der Waals surface area (Å²) in [6.45, 7) is 0.317. The van der Waals surface area contributed by atoms with E-state index in [1.54, 1.807) is 0 Å². The molecule has 114 valence electrons. The van der Waals surface area contributed by atoms with Gasteiger partial charge in [0.15, 0.2) is 6.10 Å². The summed E-state index contributed by atoms with van der Waals surface area (Å²) in [5, 5.41) is 67.4. The summed E-state index contributed by atoms with van der Waals surface area (Å²) in [5.41, 5.74) is 0. The Balaban J connectivity index is -0.000000352. The molecule has 0 aliphatic heterocycles. The molecule has 10 nitrogen and oxygen atoms in total. The van der Waals surface area contributed by atoms with Crippen LogP contribution in [0, 0.1) is 6.10 Å². The summed E-state index contributed by atoms with van der Waals surface area (Å²) >= 11 is 0. The molecule has 0 aromatic carbocycles. The number of hydrogen-bond acceptors (Lipinski definition) is 8. The molecule has 20 heavy (non-hydrogen) atoms. The normalized spacial score (nSPS) is 16.0. The Morgan fingerprint density at radius 3 is 1.60 bits per heavy atom. The Hall–Kier alpha value is -0.300. The van der Waals surface area contributed by atoms with Crippen molar-refractivity contribution in [2.45, 2.75) is 31.3 Å². The molecule has 0 aliphatic carbocycles. The Morgan fingerprint density at radius 2 is 1.40 bits per heavy atom. The standard InChI is InChI=1S/C6H11O7.C3H6O3.Na/c7-1-2(8)3(9)4(10)5(11)6(12)13;1-2(4)3(5)6;/h2,4-5,7-11H,1H2,(H,12,13);2,4H,1H3,(H,5,6);/q-1;;+1/t2-,4+,5-;;/m1../s1. The molecule has 0 aromatic heterocycles. The SMILES string of the molecule is CC(O)C(=O)O.O=C(O)[C@H](O)[C@@H](O)[C-](O)[C@H](O)CO.[Na+]. The molecule has 0 amide bonds. The van der Waals surface area contributed by atoms with Gasteiger partial charge < -0.3 is 40.9 Å². The Bertz CT molecular complexity index is 284.